The fourth-order valence-electron chi connectivity index (χ4n) is 1.49. The minimum absolute atomic E-state index is 0.0216. The number of aromatic nitrogens is 1. The Labute approximate surface area is 117 Å². The third kappa shape index (κ3) is 4.75. The van der Waals surface area contributed by atoms with Crippen LogP contribution in [0.25, 0.3) is 0 Å². The third-order valence-corrected chi connectivity index (χ3v) is 2.51. The molecule has 0 bridgehead atoms. The Bertz CT molecular complexity index is 509. The Morgan fingerprint density at radius 1 is 1.35 bits per heavy atom. The van der Waals surface area contributed by atoms with Crippen LogP contribution in [0.3, 0.4) is 0 Å². The molecule has 0 radical (unpaired) electrons. The molecule has 1 aromatic heterocycles. The number of primary amides is 1. The van der Waals surface area contributed by atoms with Crippen molar-refractivity contribution in [3.63, 3.8) is 0 Å². The number of anilines is 1. The highest BCUT2D eigenvalue weighted by atomic mass is 16.5. The van der Waals surface area contributed by atoms with Crippen LogP contribution in [0.4, 0.5) is 10.6 Å². The lowest BCUT2D eigenvalue weighted by atomic mass is 9.90. The predicted octanol–water partition coefficient (Wildman–Crippen LogP) is 0.786. The molecular formula is C13H20N4O3. The Hall–Kier alpha value is -2.31. The number of carbonyl (C=O) groups is 2. The fraction of sp³-hybridized carbons (Fsp3) is 0.462. The van der Waals surface area contributed by atoms with Crippen molar-refractivity contribution in [1.29, 1.82) is 0 Å². The van der Waals surface area contributed by atoms with E-state index in [1.807, 2.05) is 20.8 Å². The maximum absolute atomic E-state index is 12.0. The number of nitrogens with two attached hydrogens (primary N) is 2. The molecule has 0 saturated heterocycles. The van der Waals surface area contributed by atoms with Crippen molar-refractivity contribution in [3.8, 4) is 0 Å². The van der Waals surface area contributed by atoms with Crippen LogP contribution in [-0.4, -0.2) is 30.1 Å². The molecule has 0 atom stereocenters. The Morgan fingerprint density at radius 3 is 2.55 bits per heavy atom. The van der Waals surface area contributed by atoms with Gasteiger partial charge in [0.1, 0.15) is 12.4 Å². The molecule has 1 rings (SSSR count). The first-order valence-electron chi connectivity index (χ1n) is 6.18. The highest BCUT2D eigenvalue weighted by molar-refractivity contribution is 5.95. The molecule has 0 aliphatic rings. The average molecular weight is 280 g/mol. The quantitative estimate of drug-likeness (QED) is 0.704. The number of amides is 2. The maximum atomic E-state index is 12.0. The summed E-state index contributed by atoms with van der Waals surface area (Å²) >= 11 is 0. The molecule has 7 heteroatoms. The van der Waals surface area contributed by atoms with E-state index in [1.54, 1.807) is 6.07 Å². The van der Waals surface area contributed by atoms with Crippen molar-refractivity contribution in [1.82, 2.24) is 10.3 Å². The van der Waals surface area contributed by atoms with Crippen LogP contribution in [0, 0.1) is 0 Å². The maximum Gasteiger partial charge on any atom is 0.404 e. The topological polar surface area (TPSA) is 120 Å². The number of hydrogen-bond acceptors (Lipinski definition) is 5. The van der Waals surface area contributed by atoms with Crippen LogP contribution in [-0.2, 0) is 10.2 Å². The summed E-state index contributed by atoms with van der Waals surface area (Å²) in [6.07, 6.45) is -0.873. The summed E-state index contributed by atoms with van der Waals surface area (Å²) in [7, 11) is 0. The second-order valence-electron chi connectivity index (χ2n) is 5.34. The summed E-state index contributed by atoms with van der Waals surface area (Å²) in [6.45, 7) is 6.15. The van der Waals surface area contributed by atoms with Crippen LogP contribution in [0.15, 0.2) is 12.1 Å². The Kier molecular flexibility index (Phi) is 4.90. The average Bonchev–Trinajstić information content (AvgIpc) is 2.32. The number of nitrogens with zero attached hydrogens (tertiary/aromatic N) is 1. The molecule has 0 aromatic carbocycles. The molecule has 7 nitrogen and oxygen atoms in total. The van der Waals surface area contributed by atoms with Crippen LogP contribution in [0.5, 0.6) is 0 Å². The van der Waals surface area contributed by atoms with E-state index in [0.717, 1.165) is 5.69 Å². The van der Waals surface area contributed by atoms with E-state index in [0.29, 0.717) is 5.56 Å². The normalized spacial score (nSPS) is 10.9. The summed E-state index contributed by atoms with van der Waals surface area (Å²) < 4.78 is 4.52. The Morgan fingerprint density at radius 2 is 2.00 bits per heavy atom. The third-order valence-electron chi connectivity index (χ3n) is 2.51. The largest absolute Gasteiger partial charge is 0.448 e. The first-order chi connectivity index (χ1) is 9.20. The summed E-state index contributed by atoms with van der Waals surface area (Å²) in [5.74, 6) is -0.0198. The summed E-state index contributed by atoms with van der Waals surface area (Å²) in [6, 6.07) is 3.19. The first-order valence-corrected chi connectivity index (χ1v) is 6.18. The van der Waals surface area contributed by atoms with Gasteiger partial charge in [-0.15, -0.1) is 0 Å². The molecule has 1 heterocycles. The van der Waals surface area contributed by atoms with Crippen molar-refractivity contribution in [2.75, 3.05) is 18.9 Å². The van der Waals surface area contributed by atoms with Gasteiger partial charge in [-0.05, 0) is 12.1 Å². The molecule has 110 valence electrons. The van der Waals surface area contributed by atoms with Crippen LogP contribution in [0.1, 0.15) is 36.8 Å². The van der Waals surface area contributed by atoms with E-state index in [9.17, 15) is 9.59 Å². The minimum atomic E-state index is -0.873. The van der Waals surface area contributed by atoms with Crippen LogP contribution < -0.4 is 16.8 Å². The van der Waals surface area contributed by atoms with Crippen molar-refractivity contribution in [2.45, 2.75) is 26.2 Å². The van der Waals surface area contributed by atoms with Crippen molar-refractivity contribution >= 4 is 17.8 Å². The number of rotatable bonds is 4. The Balaban J connectivity index is 2.73. The van der Waals surface area contributed by atoms with E-state index in [2.05, 4.69) is 15.0 Å². The zero-order valence-electron chi connectivity index (χ0n) is 11.9. The number of hydrogen-bond donors (Lipinski definition) is 3. The van der Waals surface area contributed by atoms with Gasteiger partial charge in [0.15, 0.2) is 0 Å². The van der Waals surface area contributed by atoms with Crippen molar-refractivity contribution in [3.05, 3.63) is 23.4 Å². The van der Waals surface area contributed by atoms with Gasteiger partial charge in [0, 0.05) is 16.7 Å². The van der Waals surface area contributed by atoms with E-state index in [-0.39, 0.29) is 30.3 Å². The molecule has 20 heavy (non-hydrogen) atoms. The van der Waals surface area contributed by atoms with Crippen LogP contribution in [0.2, 0.25) is 0 Å². The highest BCUT2D eigenvalue weighted by Gasteiger charge is 2.18. The molecule has 0 aliphatic carbocycles. The molecule has 0 unspecified atom stereocenters. The fourth-order valence-corrected chi connectivity index (χ4v) is 1.49. The number of nitrogens with one attached hydrogen (secondary N) is 1. The lowest BCUT2D eigenvalue weighted by Gasteiger charge is -2.19. The van der Waals surface area contributed by atoms with Crippen molar-refractivity contribution < 1.29 is 14.3 Å². The summed E-state index contributed by atoms with van der Waals surface area (Å²) in [4.78, 5) is 26.5. The van der Waals surface area contributed by atoms with Gasteiger partial charge in [-0.1, -0.05) is 20.8 Å². The van der Waals surface area contributed by atoms with Crippen molar-refractivity contribution in [2.24, 2.45) is 5.73 Å². The zero-order chi connectivity index (χ0) is 15.3. The van der Waals surface area contributed by atoms with Gasteiger partial charge in [0.2, 0.25) is 0 Å². The standard InChI is InChI=1S/C13H20N4O3/c1-13(2,3)9-6-8(7-10(14)17-9)11(18)16-4-5-20-12(15)19/h6-7H,4-5H2,1-3H3,(H2,14,17)(H2,15,19)(H,16,18). The summed E-state index contributed by atoms with van der Waals surface area (Å²) in [5, 5.41) is 2.61. The number of nitrogen functional groups attached to an aromatic ring is 1. The molecule has 0 spiro atoms. The minimum Gasteiger partial charge on any atom is -0.448 e. The molecule has 1 aromatic rings. The lowest BCUT2D eigenvalue weighted by molar-refractivity contribution is 0.0936. The molecular weight excluding hydrogens is 260 g/mol. The highest BCUT2D eigenvalue weighted by Crippen LogP contribution is 2.22. The predicted molar refractivity (Wildman–Crippen MR) is 75.2 cm³/mol. The zero-order valence-corrected chi connectivity index (χ0v) is 11.9. The molecule has 0 fully saturated rings. The molecule has 0 saturated carbocycles. The number of carbonyl (C=O) groups excluding carboxylic acids is 2. The van der Waals surface area contributed by atoms with Gasteiger partial charge in [0.25, 0.3) is 5.91 Å². The van der Waals surface area contributed by atoms with Gasteiger partial charge in [-0.3, -0.25) is 4.79 Å². The smallest absolute Gasteiger partial charge is 0.404 e. The van der Waals surface area contributed by atoms with E-state index >= 15 is 0 Å². The van der Waals surface area contributed by atoms with Crippen LogP contribution >= 0.6 is 0 Å². The van der Waals surface area contributed by atoms with E-state index in [4.69, 9.17) is 11.5 Å². The molecule has 2 amide bonds. The van der Waals surface area contributed by atoms with Gasteiger partial charge >= 0.3 is 6.09 Å². The number of pyridine rings is 1. The van der Waals surface area contributed by atoms with Gasteiger partial charge in [0.05, 0.1) is 6.54 Å². The lowest BCUT2D eigenvalue weighted by Crippen LogP contribution is -2.29. The van der Waals surface area contributed by atoms with Gasteiger partial charge in [-0.2, -0.15) is 0 Å². The molecule has 0 aliphatic heterocycles. The second kappa shape index (κ2) is 6.23. The molecule has 5 N–H and O–H groups in total. The first kappa shape index (κ1) is 15.7. The van der Waals surface area contributed by atoms with E-state index in [1.165, 1.54) is 6.07 Å². The SMILES string of the molecule is CC(C)(C)c1cc(C(=O)NCCOC(N)=O)cc(N)n1. The second-order valence-corrected chi connectivity index (χ2v) is 5.34. The van der Waals surface area contributed by atoms with Gasteiger partial charge in [-0.25, -0.2) is 9.78 Å². The monoisotopic (exact) mass is 280 g/mol. The van der Waals surface area contributed by atoms with E-state index < -0.39 is 6.09 Å². The number of ether oxygens (including phenoxy) is 1. The summed E-state index contributed by atoms with van der Waals surface area (Å²) in [5.41, 5.74) is 11.5. The van der Waals surface area contributed by atoms with Gasteiger partial charge < -0.3 is 21.5 Å².